The monoisotopic (exact) mass is 235 g/mol. The minimum absolute atomic E-state index is 0.659. The summed E-state index contributed by atoms with van der Waals surface area (Å²) in [6.07, 6.45) is 3.15. The average Bonchev–Trinajstić information content (AvgIpc) is 2.78. The molecule has 94 valence electrons. The molecule has 0 saturated carbocycles. The van der Waals surface area contributed by atoms with E-state index in [4.69, 9.17) is 4.74 Å². The molecule has 1 aliphatic rings. The van der Waals surface area contributed by atoms with Gasteiger partial charge in [-0.3, -0.25) is 4.90 Å². The fraction of sp³-hybridized carbons (Fsp3) is 0.615. The van der Waals surface area contributed by atoms with Gasteiger partial charge in [0.05, 0.1) is 7.11 Å². The fourth-order valence-corrected chi connectivity index (χ4v) is 2.31. The van der Waals surface area contributed by atoms with Crippen molar-refractivity contribution in [2.24, 2.45) is 0 Å². The summed E-state index contributed by atoms with van der Waals surface area (Å²) < 4.78 is 5.05. The van der Waals surface area contributed by atoms with Gasteiger partial charge in [0.25, 0.3) is 0 Å². The van der Waals surface area contributed by atoms with Crippen LogP contribution in [-0.4, -0.2) is 42.7 Å². The summed E-state index contributed by atoms with van der Waals surface area (Å²) in [5, 5.41) is 3.50. The fourth-order valence-electron chi connectivity index (χ4n) is 2.31. The quantitative estimate of drug-likeness (QED) is 0.834. The van der Waals surface area contributed by atoms with Crippen molar-refractivity contribution in [2.45, 2.75) is 25.9 Å². The maximum atomic E-state index is 5.05. The second kappa shape index (κ2) is 5.98. The molecule has 2 rings (SSSR count). The Labute approximate surface area is 103 Å². The standard InChI is InChI=1S/C13H21N3O/c1-3-14-12-6-7-16(10-12)9-11-4-5-13(17-2)15-8-11/h4-5,8,12,14H,3,6-7,9-10H2,1-2H3. The van der Waals surface area contributed by atoms with E-state index in [9.17, 15) is 0 Å². The van der Waals surface area contributed by atoms with Crippen molar-refractivity contribution in [1.82, 2.24) is 15.2 Å². The first-order valence-corrected chi connectivity index (χ1v) is 6.26. The van der Waals surface area contributed by atoms with Gasteiger partial charge in [-0.15, -0.1) is 0 Å². The van der Waals surface area contributed by atoms with E-state index in [1.807, 2.05) is 12.3 Å². The molecular formula is C13H21N3O. The Balaban J connectivity index is 1.84. The second-order valence-corrected chi connectivity index (χ2v) is 4.49. The van der Waals surface area contributed by atoms with Gasteiger partial charge in [-0.25, -0.2) is 4.98 Å². The molecular weight excluding hydrogens is 214 g/mol. The number of hydrogen-bond acceptors (Lipinski definition) is 4. The summed E-state index contributed by atoms with van der Waals surface area (Å²) in [5.74, 6) is 0.681. The van der Waals surface area contributed by atoms with Crippen LogP contribution in [0, 0.1) is 0 Å². The van der Waals surface area contributed by atoms with Crippen LogP contribution in [0.1, 0.15) is 18.9 Å². The van der Waals surface area contributed by atoms with Crippen molar-refractivity contribution < 1.29 is 4.74 Å². The Morgan fingerprint density at radius 1 is 1.53 bits per heavy atom. The largest absolute Gasteiger partial charge is 0.481 e. The molecule has 1 saturated heterocycles. The lowest BCUT2D eigenvalue weighted by molar-refractivity contribution is 0.320. The first kappa shape index (κ1) is 12.3. The Kier molecular flexibility index (Phi) is 4.34. The number of pyridine rings is 1. The highest BCUT2D eigenvalue weighted by molar-refractivity contribution is 5.17. The Morgan fingerprint density at radius 3 is 3.06 bits per heavy atom. The lowest BCUT2D eigenvalue weighted by Crippen LogP contribution is -2.32. The lowest BCUT2D eigenvalue weighted by Gasteiger charge is -2.16. The summed E-state index contributed by atoms with van der Waals surface area (Å²) >= 11 is 0. The molecule has 4 nitrogen and oxygen atoms in total. The van der Waals surface area contributed by atoms with Crippen molar-refractivity contribution in [2.75, 3.05) is 26.7 Å². The zero-order chi connectivity index (χ0) is 12.1. The van der Waals surface area contributed by atoms with Crippen LogP contribution in [0.3, 0.4) is 0 Å². The number of methoxy groups -OCH3 is 1. The van der Waals surface area contributed by atoms with E-state index in [1.165, 1.54) is 18.5 Å². The molecule has 2 heterocycles. The minimum atomic E-state index is 0.659. The zero-order valence-electron chi connectivity index (χ0n) is 10.6. The van der Waals surface area contributed by atoms with E-state index in [2.05, 4.69) is 28.2 Å². The van der Waals surface area contributed by atoms with Crippen LogP contribution in [-0.2, 0) is 6.54 Å². The van der Waals surface area contributed by atoms with Crippen LogP contribution >= 0.6 is 0 Å². The SMILES string of the molecule is CCNC1CCN(Cc2ccc(OC)nc2)C1. The van der Waals surface area contributed by atoms with Crippen molar-refractivity contribution in [1.29, 1.82) is 0 Å². The van der Waals surface area contributed by atoms with Crippen molar-refractivity contribution in [3.05, 3.63) is 23.9 Å². The van der Waals surface area contributed by atoms with Crippen LogP contribution in [0.25, 0.3) is 0 Å². The van der Waals surface area contributed by atoms with Gasteiger partial charge in [0.15, 0.2) is 0 Å². The third-order valence-electron chi connectivity index (χ3n) is 3.18. The number of rotatable bonds is 5. The topological polar surface area (TPSA) is 37.4 Å². The second-order valence-electron chi connectivity index (χ2n) is 4.49. The minimum Gasteiger partial charge on any atom is -0.481 e. The smallest absolute Gasteiger partial charge is 0.212 e. The van der Waals surface area contributed by atoms with Crippen molar-refractivity contribution >= 4 is 0 Å². The Bertz CT molecular complexity index is 339. The van der Waals surface area contributed by atoms with Gasteiger partial charge in [0.1, 0.15) is 0 Å². The van der Waals surface area contributed by atoms with E-state index < -0.39 is 0 Å². The summed E-state index contributed by atoms with van der Waals surface area (Å²) in [6, 6.07) is 4.67. The highest BCUT2D eigenvalue weighted by atomic mass is 16.5. The molecule has 17 heavy (non-hydrogen) atoms. The number of likely N-dealkylation sites (N-methyl/N-ethyl adjacent to an activating group) is 1. The molecule has 1 aromatic rings. The van der Waals surface area contributed by atoms with Gasteiger partial charge < -0.3 is 10.1 Å². The molecule has 1 N–H and O–H groups in total. The molecule has 0 amide bonds. The van der Waals surface area contributed by atoms with E-state index in [-0.39, 0.29) is 0 Å². The van der Waals surface area contributed by atoms with Gasteiger partial charge in [-0.05, 0) is 18.5 Å². The number of aromatic nitrogens is 1. The summed E-state index contributed by atoms with van der Waals surface area (Å²) in [4.78, 5) is 6.70. The van der Waals surface area contributed by atoms with Gasteiger partial charge in [-0.2, -0.15) is 0 Å². The molecule has 1 fully saturated rings. The van der Waals surface area contributed by atoms with Gasteiger partial charge in [0.2, 0.25) is 5.88 Å². The van der Waals surface area contributed by atoms with Gasteiger partial charge in [-0.1, -0.05) is 13.0 Å². The van der Waals surface area contributed by atoms with Crippen molar-refractivity contribution in [3.63, 3.8) is 0 Å². The Hall–Kier alpha value is -1.13. The highest BCUT2D eigenvalue weighted by Crippen LogP contribution is 2.14. The molecule has 0 spiro atoms. The predicted octanol–water partition coefficient (Wildman–Crippen LogP) is 1.27. The highest BCUT2D eigenvalue weighted by Gasteiger charge is 2.21. The van der Waals surface area contributed by atoms with Gasteiger partial charge in [0, 0.05) is 37.9 Å². The zero-order valence-corrected chi connectivity index (χ0v) is 10.6. The molecule has 1 atom stereocenters. The number of ether oxygens (including phenoxy) is 1. The molecule has 0 aliphatic carbocycles. The lowest BCUT2D eigenvalue weighted by atomic mass is 10.2. The van der Waals surface area contributed by atoms with E-state index in [1.54, 1.807) is 7.11 Å². The van der Waals surface area contributed by atoms with Crippen LogP contribution in [0.15, 0.2) is 18.3 Å². The van der Waals surface area contributed by atoms with E-state index in [0.717, 1.165) is 19.6 Å². The molecule has 4 heteroatoms. The normalized spacial score (nSPS) is 20.7. The predicted molar refractivity (Wildman–Crippen MR) is 68.1 cm³/mol. The van der Waals surface area contributed by atoms with E-state index in [0.29, 0.717) is 11.9 Å². The molecule has 0 aromatic carbocycles. The Morgan fingerprint density at radius 2 is 2.41 bits per heavy atom. The number of hydrogen-bond donors (Lipinski definition) is 1. The maximum Gasteiger partial charge on any atom is 0.212 e. The summed E-state index contributed by atoms with van der Waals surface area (Å²) in [5.41, 5.74) is 1.25. The number of likely N-dealkylation sites (tertiary alicyclic amines) is 1. The average molecular weight is 235 g/mol. The van der Waals surface area contributed by atoms with Crippen LogP contribution in [0.4, 0.5) is 0 Å². The third-order valence-corrected chi connectivity index (χ3v) is 3.18. The first-order chi connectivity index (χ1) is 8.31. The molecule has 0 bridgehead atoms. The molecule has 1 aliphatic heterocycles. The first-order valence-electron chi connectivity index (χ1n) is 6.26. The van der Waals surface area contributed by atoms with Crippen molar-refractivity contribution in [3.8, 4) is 5.88 Å². The van der Waals surface area contributed by atoms with Crippen LogP contribution in [0.2, 0.25) is 0 Å². The van der Waals surface area contributed by atoms with Crippen LogP contribution < -0.4 is 10.1 Å². The summed E-state index contributed by atoms with van der Waals surface area (Å²) in [7, 11) is 1.64. The number of nitrogens with one attached hydrogen (secondary N) is 1. The van der Waals surface area contributed by atoms with E-state index >= 15 is 0 Å². The van der Waals surface area contributed by atoms with Gasteiger partial charge >= 0.3 is 0 Å². The molecule has 1 aromatic heterocycles. The molecule has 0 radical (unpaired) electrons. The maximum absolute atomic E-state index is 5.05. The third kappa shape index (κ3) is 3.41. The molecule has 1 unspecified atom stereocenters. The van der Waals surface area contributed by atoms with Crippen LogP contribution in [0.5, 0.6) is 5.88 Å². The summed E-state index contributed by atoms with van der Waals surface area (Å²) in [6.45, 7) is 6.51. The number of nitrogens with zero attached hydrogens (tertiary/aromatic N) is 2.